The van der Waals surface area contributed by atoms with Gasteiger partial charge in [-0.2, -0.15) is 17.0 Å². The number of nitrogens with zero attached hydrogens (tertiary/aromatic N) is 3. The van der Waals surface area contributed by atoms with Gasteiger partial charge in [-0.3, -0.25) is 9.59 Å². The molecular formula is C19H28N4O5S. The highest BCUT2D eigenvalue weighted by atomic mass is 32.2. The minimum absolute atomic E-state index is 0.142. The smallest absolute Gasteiger partial charge is 0.282 e. The number of benzene rings is 1. The number of morpholine rings is 1. The maximum absolute atomic E-state index is 13.0. The van der Waals surface area contributed by atoms with Crippen LogP contribution in [0.4, 0.5) is 5.69 Å². The highest BCUT2D eigenvalue weighted by Crippen LogP contribution is 2.20. The van der Waals surface area contributed by atoms with Crippen molar-refractivity contribution in [2.24, 2.45) is 0 Å². The van der Waals surface area contributed by atoms with Crippen molar-refractivity contribution in [3.63, 3.8) is 0 Å². The molecule has 1 N–H and O–H groups in total. The van der Waals surface area contributed by atoms with E-state index in [-0.39, 0.29) is 37.1 Å². The summed E-state index contributed by atoms with van der Waals surface area (Å²) in [5, 5.41) is 2.66. The number of carbonyl (C=O) groups excluding carboxylic acids is 2. The molecule has 160 valence electrons. The molecular weight excluding hydrogens is 396 g/mol. The van der Waals surface area contributed by atoms with E-state index in [4.69, 9.17) is 4.74 Å². The molecule has 1 aromatic rings. The van der Waals surface area contributed by atoms with Crippen LogP contribution < -0.4 is 5.32 Å². The number of anilines is 1. The maximum atomic E-state index is 13.0. The van der Waals surface area contributed by atoms with E-state index in [1.807, 2.05) is 13.8 Å². The van der Waals surface area contributed by atoms with E-state index in [0.717, 1.165) is 0 Å². The SMILES string of the molecule is CC(=O)Nc1ccc(C(=O)N2CCN(S(=O)(=O)N3C[C@@H](C)O[C@@H](C)C3)CC2)cc1. The van der Waals surface area contributed by atoms with Crippen molar-refractivity contribution in [1.29, 1.82) is 0 Å². The third-order valence-corrected chi connectivity index (χ3v) is 6.99. The summed E-state index contributed by atoms with van der Waals surface area (Å²) in [7, 11) is -3.57. The first-order valence-corrected chi connectivity index (χ1v) is 11.1. The summed E-state index contributed by atoms with van der Waals surface area (Å²) in [5.41, 5.74) is 1.13. The standard InChI is InChI=1S/C19H28N4O5S/c1-14-12-23(13-15(2)28-14)29(26,27)22-10-8-21(9-11-22)19(25)17-4-6-18(7-5-17)20-16(3)24/h4-7,14-15H,8-13H2,1-3H3,(H,20,24)/t14-,15+. The summed E-state index contributed by atoms with van der Waals surface area (Å²) < 4.78 is 34.5. The Morgan fingerprint density at radius 3 is 2.03 bits per heavy atom. The largest absolute Gasteiger partial charge is 0.373 e. The lowest BCUT2D eigenvalue weighted by Gasteiger charge is -2.40. The molecule has 10 heteroatoms. The molecule has 2 heterocycles. The fourth-order valence-corrected chi connectivity index (χ4v) is 5.43. The molecule has 29 heavy (non-hydrogen) atoms. The zero-order chi connectivity index (χ0) is 21.2. The van der Waals surface area contributed by atoms with E-state index < -0.39 is 10.2 Å². The Bertz CT molecular complexity index is 840. The molecule has 0 saturated carbocycles. The number of rotatable bonds is 4. The van der Waals surface area contributed by atoms with Gasteiger partial charge in [0.2, 0.25) is 5.91 Å². The Balaban J connectivity index is 1.59. The first-order valence-electron chi connectivity index (χ1n) is 9.74. The number of nitrogens with one attached hydrogen (secondary N) is 1. The zero-order valence-corrected chi connectivity index (χ0v) is 17.8. The van der Waals surface area contributed by atoms with E-state index in [1.165, 1.54) is 15.5 Å². The molecule has 0 unspecified atom stereocenters. The van der Waals surface area contributed by atoms with Crippen molar-refractivity contribution in [3.05, 3.63) is 29.8 Å². The van der Waals surface area contributed by atoms with Gasteiger partial charge >= 0.3 is 0 Å². The van der Waals surface area contributed by atoms with Crippen LogP contribution in [0.3, 0.4) is 0 Å². The van der Waals surface area contributed by atoms with E-state index in [9.17, 15) is 18.0 Å². The van der Waals surface area contributed by atoms with Gasteiger partial charge in [-0.15, -0.1) is 0 Å². The Kier molecular flexibility index (Phi) is 6.57. The number of hydrogen-bond acceptors (Lipinski definition) is 5. The van der Waals surface area contributed by atoms with Gasteiger partial charge in [0, 0.05) is 57.4 Å². The van der Waals surface area contributed by atoms with Gasteiger partial charge in [0.15, 0.2) is 0 Å². The van der Waals surface area contributed by atoms with E-state index in [1.54, 1.807) is 29.2 Å². The van der Waals surface area contributed by atoms with Crippen LogP contribution >= 0.6 is 0 Å². The zero-order valence-electron chi connectivity index (χ0n) is 17.0. The third kappa shape index (κ3) is 5.13. The first-order chi connectivity index (χ1) is 13.7. The number of piperazine rings is 1. The summed E-state index contributed by atoms with van der Waals surface area (Å²) >= 11 is 0. The Hall–Kier alpha value is -2.01. The summed E-state index contributed by atoms with van der Waals surface area (Å²) in [4.78, 5) is 25.5. The second kappa shape index (κ2) is 8.78. The van der Waals surface area contributed by atoms with Crippen LogP contribution in [0.25, 0.3) is 0 Å². The van der Waals surface area contributed by atoms with Crippen LogP contribution in [0.5, 0.6) is 0 Å². The quantitative estimate of drug-likeness (QED) is 0.769. The summed E-state index contributed by atoms with van der Waals surface area (Å²) in [5.74, 6) is -0.324. The van der Waals surface area contributed by atoms with Crippen LogP contribution in [0, 0.1) is 0 Å². The minimum atomic E-state index is -3.57. The molecule has 0 radical (unpaired) electrons. The molecule has 2 atom stereocenters. The van der Waals surface area contributed by atoms with Crippen LogP contribution in [-0.4, -0.2) is 85.2 Å². The molecule has 2 aliphatic heterocycles. The second-order valence-corrected chi connectivity index (χ2v) is 9.46. The summed E-state index contributed by atoms with van der Waals surface area (Å²) in [6, 6.07) is 6.67. The van der Waals surface area contributed by atoms with Crippen LogP contribution in [-0.2, 0) is 19.7 Å². The Morgan fingerprint density at radius 2 is 1.52 bits per heavy atom. The summed E-state index contributed by atoms with van der Waals surface area (Å²) in [6.07, 6.45) is -0.284. The fourth-order valence-electron chi connectivity index (χ4n) is 3.69. The predicted molar refractivity (Wildman–Crippen MR) is 109 cm³/mol. The fraction of sp³-hybridized carbons (Fsp3) is 0.579. The first kappa shape index (κ1) is 21.7. The van der Waals surface area contributed by atoms with Crippen LogP contribution in [0.2, 0.25) is 0 Å². The van der Waals surface area contributed by atoms with Gasteiger partial charge in [0.25, 0.3) is 16.1 Å². The molecule has 9 nitrogen and oxygen atoms in total. The highest BCUT2D eigenvalue weighted by Gasteiger charge is 2.37. The molecule has 1 aromatic carbocycles. The Labute approximate surface area is 171 Å². The number of ether oxygens (including phenoxy) is 1. The normalized spacial score (nSPS) is 24.3. The van der Waals surface area contributed by atoms with Crippen molar-refractivity contribution in [1.82, 2.24) is 13.5 Å². The predicted octanol–water partition coefficient (Wildman–Crippen LogP) is 0.757. The topological polar surface area (TPSA) is 99.3 Å². The lowest BCUT2D eigenvalue weighted by Crippen LogP contribution is -2.57. The molecule has 0 aromatic heterocycles. The molecule has 2 saturated heterocycles. The number of hydrogen-bond donors (Lipinski definition) is 1. The molecule has 0 aliphatic carbocycles. The molecule has 3 rings (SSSR count). The minimum Gasteiger partial charge on any atom is -0.373 e. The van der Waals surface area contributed by atoms with E-state index in [0.29, 0.717) is 37.4 Å². The van der Waals surface area contributed by atoms with Gasteiger partial charge in [0.05, 0.1) is 12.2 Å². The van der Waals surface area contributed by atoms with Gasteiger partial charge < -0.3 is 15.0 Å². The van der Waals surface area contributed by atoms with Crippen molar-refractivity contribution < 1.29 is 22.7 Å². The molecule has 0 bridgehead atoms. The van der Waals surface area contributed by atoms with Crippen LogP contribution in [0.15, 0.2) is 24.3 Å². The average molecular weight is 425 g/mol. The van der Waals surface area contributed by atoms with Crippen molar-refractivity contribution in [3.8, 4) is 0 Å². The maximum Gasteiger partial charge on any atom is 0.282 e. The van der Waals surface area contributed by atoms with E-state index >= 15 is 0 Å². The van der Waals surface area contributed by atoms with Crippen LogP contribution in [0.1, 0.15) is 31.1 Å². The lowest BCUT2D eigenvalue weighted by molar-refractivity contribution is -0.114. The highest BCUT2D eigenvalue weighted by molar-refractivity contribution is 7.86. The van der Waals surface area contributed by atoms with Crippen molar-refractivity contribution in [2.45, 2.75) is 33.0 Å². The lowest BCUT2D eigenvalue weighted by atomic mass is 10.1. The van der Waals surface area contributed by atoms with Gasteiger partial charge in [-0.25, -0.2) is 0 Å². The monoisotopic (exact) mass is 424 g/mol. The van der Waals surface area contributed by atoms with Gasteiger partial charge in [-0.1, -0.05) is 0 Å². The molecule has 2 aliphatic rings. The molecule has 2 amide bonds. The average Bonchev–Trinajstić information content (AvgIpc) is 2.67. The van der Waals surface area contributed by atoms with Gasteiger partial charge in [-0.05, 0) is 38.1 Å². The second-order valence-electron chi connectivity index (χ2n) is 7.53. The van der Waals surface area contributed by atoms with Crippen molar-refractivity contribution in [2.75, 3.05) is 44.6 Å². The Morgan fingerprint density at radius 1 is 0.966 bits per heavy atom. The molecule has 0 spiro atoms. The number of amides is 2. The molecule has 2 fully saturated rings. The van der Waals surface area contributed by atoms with Crippen molar-refractivity contribution >= 4 is 27.7 Å². The number of carbonyl (C=O) groups is 2. The van der Waals surface area contributed by atoms with Gasteiger partial charge in [0.1, 0.15) is 0 Å². The van der Waals surface area contributed by atoms with E-state index in [2.05, 4.69) is 5.32 Å². The third-order valence-electron chi connectivity index (χ3n) is 5.02. The summed E-state index contributed by atoms with van der Waals surface area (Å²) in [6.45, 7) is 7.03.